The third-order valence-corrected chi connectivity index (χ3v) is 4.56. The minimum absolute atomic E-state index is 0.221. The highest BCUT2D eigenvalue weighted by molar-refractivity contribution is 5.95. The number of ether oxygens (including phenoxy) is 1. The summed E-state index contributed by atoms with van der Waals surface area (Å²) in [5.41, 5.74) is 2.49. The largest absolute Gasteiger partial charge is 0.362 e. The molecular weight excluding hydrogens is 248 g/mol. The quantitative estimate of drug-likeness (QED) is 0.555. The summed E-state index contributed by atoms with van der Waals surface area (Å²) < 4.78 is 5.68. The molecule has 0 aromatic rings. The SMILES string of the molecule is CCCCCCCCC(=O)C1(OC)C(C)=CC(C)=C1C. The molecule has 2 nitrogen and oxygen atoms in total. The summed E-state index contributed by atoms with van der Waals surface area (Å²) in [6, 6.07) is 0. The van der Waals surface area contributed by atoms with E-state index in [-0.39, 0.29) is 5.78 Å². The highest BCUT2D eigenvalue weighted by Crippen LogP contribution is 2.39. The molecular formula is C18H30O2. The monoisotopic (exact) mass is 278 g/mol. The summed E-state index contributed by atoms with van der Waals surface area (Å²) in [6.07, 6.45) is 9.93. The second kappa shape index (κ2) is 7.78. The maximum absolute atomic E-state index is 12.7. The van der Waals surface area contributed by atoms with Crippen LogP contribution < -0.4 is 0 Å². The molecule has 0 amide bonds. The highest BCUT2D eigenvalue weighted by Gasteiger charge is 2.44. The van der Waals surface area contributed by atoms with E-state index in [1.807, 2.05) is 13.8 Å². The van der Waals surface area contributed by atoms with E-state index < -0.39 is 5.60 Å². The number of carbonyl (C=O) groups is 1. The lowest BCUT2D eigenvalue weighted by Crippen LogP contribution is -2.41. The Morgan fingerprint density at radius 1 is 1.10 bits per heavy atom. The van der Waals surface area contributed by atoms with E-state index in [4.69, 9.17) is 4.74 Å². The molecule has 0 fully saturated rings. The number of hydrogen-bond donors (Lipinski definition) is 0. The van der Waals surface area contributed by atoms with Gasteiger partial charge in [-0.15, -0.1) is 0 Å². The molecule has 0 radical (unpaired) electrons. The van der Waals surface area contributed by atoms with Gasteiger partial charge >= 0.3 is 0 Å². The van der Waals surface area contributed by atoms with Gasteiger partial charge in [0.1, 0.15) is 0 Å². The summed E-state index contributed by atoms with van der Waals surface area (Å²) in [5, 5.41) is 0. The molecule has 114 valence electrons. The standard InChI is InChI=1S/C18H30O2/c1-6-7-8-9-10-11-12-17(19)18(20-5)15(3)13-14(2)16(18)4/h13H,6-12H2,1-5H3. The molecule has 0 N–H and O–H groups in total. The predicted octanol–water partition coefficient (Wildman–Crippen LogP) is 4.99. The van der Waals surface area contributed by atoms with Crippen molar-refractivity contribution in [1.29, 1.82) is 0 Å². The highest BCUT2D eigenvalue weighted by atomic mass is 16.5. The van der Waals surface area contributed by atoms with Gasteiger partial charge in [-0.3, -0.25) is 4.79 Å². The average molecular weight is 278 g/mol. The molecule has 1 aliphatic rings. The number of allylic oxidation sites excluding steroid dienone is 2. The van der Waals surface area contributed by atoms with E-state index >= 15 is 0 Å². The van der Waals surface area contributed by atoms with Crippen LogP contribution in [0.3, 0.4) is 0 Å². The van der Waals surface area contributed by atoms with Gasteiger partial charge in [0.15, 0.2) is 11.4 Å². The predicted molar refractivity (Wildman–Crippen MR) is 84.9 cm³/mol. The minimum atomic E-state index is -0.770. The van der Waals surface area contributed by atoms with Gasteiger partial charge in [0, 0.05) is 13.5 Å². The molecule has 0 spiro atoms. The fourth-order valence-electron chi connectivity index (χ4n) is 3.21. The Labute approximate surface area is 124 Å². The van der Waals surface area contributed by atoms with Gasteiger partial charge in [0.05, 0.1) is 0 Å². The lowest BCUT2D eigenvalue weighted by Gasteiger charge is -2.30. The van der Waals surface area contributed by atoms with Gasteiger partial charge in [-0.25, -0.2) is 0 Å². The third kappa shape index (κ3) is 3.41. The topological polar surface area (TPSA) is 26.3 Å². The number of Topliss-reactive ketones (excluding diaryl/α,β-unsaturated/α-hetero) is 1. The summed E-state index contributed by atoms with van der Waals surface area (Å²) in [4.78, 5) is 12.7. The fourth-order valence-corrected chi connectivity index (χ4v) is 3.21. The van der Waals surface area contributed by atoms with Crippen LogP contribution in [0.25, 0.3) is 0 Å². The maximum Gasteiger partial charge on any atom is 0.173 e. The molecule has 0 saturated heterocycles. The Balaban J connectivity index is 2.55. The second-order valence-electron chi connectivity index (χ2n) is 5.96. The zero-order valence-corrected chi connectivity index (χ0v) is 13.8. The molecule has 1 aliphatic carbocycles. The molecule has 1 rings (SSSR count). The lowest BCUT2D eigenvalue weighted by atomic mass is 9.84. The average Bonchev–Trinajstić information content (AvgIpc) is 2.65. The molecule has 0 aliphatic heterocycles. The van der Waals surface area contributed by atoms with Crippen LogP contribution in [0.4, 0.5) is 0 Å². The van der Waals surface area contributed by atoms with Crippen molar-refractivity contribution >= 4 is 5.78 Å². The van der Waals surface area contributed by atoms with Gasteiger partial charge in [-0.2, -0.15) is 0 Å². The third-order valence-electron chi connectivity index (χ3n) is 4.56. The molecule has 0 aromatic heterocycles. The van der Waals surface area contributed by atoms with Gasteiger partial charge in [-0.1, -0.05) is 45.1 Å². The fraction of sp³-hybridized carbons (Fsp3) is 0.722. The molecule has 0 heterocycles. The van der Waals surface area contributed by atoms with Crippen molar-refractivity contribution in [3.63, 3.8) is 0 Å². The number of methoxy groups -OCH3 is 1. The Hall–Kier alpha value is -0.890. The van der Waals surface area contributed by atoms with Crippen LogP contribution in [-0.2, 0) is 9.53 Å². The van der Waals surface area contributed by atoms with Crippen LogP contribution in [0.5, 0.6) is 0 Å². The van der Waals surface area contributed by atoms with Crippen molar-refractivity contribution in [2.75, 3.05) is 7.11 Å². The number of ketones is 1. The molecule has 1 unspecified atom stereocenters. The van der Waals surface area contributed by atoms with Gasteiger partial charge < -0.3 is 4.74 Å². The number of carbonyl (C=O) groups excluding carboxylic acids is 1. The zero-order chi connectivity index (χ0) is 15.2. The van der Waals surface area contributed by atoms with E-state index in [1.165, 1.54) is 31.3 Å². The Morgan fingerprint density at radius 2 is 1.70 bits per heavy atom. The summed E-state index contributed by atoms with van der Waals surface area (Å²) in [5.74, 6) is 0.221. The van der Waals surface area contributed by atoms with Crippen molar-refractivity contribution < 1.29 is 9.53 Å². The molecule has 2 heteroatoms. The van der Waals surface area contributed by atoms with Gasteiger partial charge in [0.2, 0.25) is 0 Å². The summed E-state index contributed by atoms with van der Waals surface area (Å²) in [6.45, 7) is 8.30. The normalized spacial score (nSPS) is 22.4. The van der Waals surface area contributed by atoms with Gasteiger partial charge in [0.25, 0.3) is 0 Å². The van der Waals surface area contributed by atoms with Crippen LogP contribution in [-0.4, -0.2) is 18.5 Å². The van der Waals surface area contributed by atoms with Crippen molar-refractivity contribution in [2.24, 2.45) is 0 Å². The summed E-state index contributed by atoms with van der Waals surface area (Å²) >= 11 is 0. The Kier molecular flexibility index (Phi) is 6.67. The van der Waals surface area contributed by atoms with Crippen molar-refractivity contribution in [1.82, 2.24) is 0 Å². The van der Waals surface area contributed by atoms with E-state index in [9.17, 15) is 4.79 Å². The minimum Gasteiger partial charge on any atom is -0.362 e. The first-order valence-corrected chi connectivity index (χ1v) is 7.95. The molecule has 0 aromatic carbocycles. The first-order valence-electron chi connectivity index (χ1n) is 7.95. The number of hydrogen-bond acceptors (Lipinski definition) is 2. The maximum atomic E-state index is 12.7. The molecule has 20 heavy (non-hydrogen) atoms. The van der Waals surface area contributed by atoms with Crippen LogP contribution in [0.1, 0.15) is 72.6 Å². The van der Waals surface area contributed by atoms with Crippen LogP contribution >= 0.6 is 0 Å². The lowest BCUT2D eigenvalue weighted by molar-refractivity contribution is -0.133. The van der Waals surface area contributed by atoms with Crippen LogP contribution in [0.2, 0.25) is 0 Å². The molecule has 0 bridgehead atoms. The van der Waals surface area contributed by atoms with E-state index in [1.54, 1.807) is 7.11 Å². The van der Waals surface area contributed by atoms with Crippen molar-refractivity contribution in [3.05, 3.63) is 22.8 Å². The van der Waals surface area contributed by atoms with Crippen molar-refractivity contribution in [2.45, 2.75) is 78.2 Å². The molecule has 0 saturated carbocycles. The number of rotatable bonds is 9. The molecule has 1 atom stereocenters. The first kappa shape index (κ1) is 17.2. The summed E-state index contributed by atoms with van der Waals surface area (Å²) in [7, 11) is 1.65. The van der Waals surface area contributed by atoms with Gasteiger partial charge in [-0.05, 0) is 43.9 Å². The Morgan fingerprint density at radius 3 is 2.20 bits per heavy atom. The van der Waals surface area contributed by atoms with Crippen molar-refractivity contribution in [3.8, 4) is 0 Å². The van der Waals surface area contributed by atoms with E-state index in [0.29, 0.717) is 6.42 Å². The smallest absolute Gasteiger partial charge is 0.173 e. The van der Waals surface area contributed by atoms with E-state index in [2.05, 4.69) is 19.9 Å². The zero-order valence-electron chi connectivity index (χ0n) is 13.8. The number of unbranched alkanes of at least 4 members (excludes halogenated alkanes) is 5. The van der Waals surface area contributed by atoms with Crippen LogP contribution in [0, 0.1) is 0 Å². The van der Waals surface area contributed by atoms with Crippen LogP contribution in [0.15, 0.2) is 22.8 Å². The Bertz CT molecular complexity index is 404. The van der Waals surface area contributed by atoms with E-state index in [0.717, 1.165) is 24.0 Å². The first-order chi connectivity index (χ1) is 9.50. The second-order valence-corrected chi connectivity index (χ2v) is 5.96.